The third kappa shape index (κ3) is 6.99. The van der Waals surface area contributed by atoms with Gasteiger partial charge in [0.1, 0.15) is 5.75 Å². The van der Waals surface area contributed by atoms with Gasteiger partial charge in [0.25, 0.3) is 5.91 Å². The van der Waals surface area contributed by atoms with Gasteiger partial charge in [0, 0.05) is 24.1 Å². The Bertz CT molecular complexity index is 471. The fraction of sp³-hybridized carbons (Fsp3) is 0.562. The van der Waals surface area contributed by atoms with Crippen molar-refractivity contribution in [2.75, 3.05) is 13.6 Å². The molecule has 1 amide bonds. The van der Waals surface area contributed by atoms with Gasteiger partial charge in [0.2, 0.25) is 0 Å². The highest BCUT2D eigenvalue weighted by Crippen LogP contribution is 2.19. The second kappa shape index (κ2) is 10.1. The van der Waals surface area contributed by atoms with Gasteiger partial charge in [-0.15, -0.1) is 12.4 Å². The Hall–Kier alpha value is -0.780. The van der Waals surface area contributed by atoms with E-state index >= 15 is 0 Å². The van der Waals surface area contributed by atoms with Gasteiger partial charge in [-0.2, -0.15) is 0 Å². The van der Waals surface area contributed by atoms with Crippen LogP contribution < -0.4 is 10.5 Å². The zero-order valence-corrected chi connectivity index (χ0v) is 16.0. The molecule has 0 aliphatic rings. The summed E-state index contributed by atoms with van der Waals surface area (Å²) >= 11 is 3.38. The lowest BCUT2D eigenvalue weighted by atomic mass is 10.0. The van der Waals surface area contributed by atoms with E-state index in [0.717, 1.165) is 10.9 Å². The summed E-state index contributed by atoms with van der Waals surface area (Å²) < 4.78 is 6.61. The third-order valence-corrected chi connectivity index (χ3v) is 3.98. The number of hydrogen-bond donors (Lipinski definition) is 1. The Morgan fingerprint density at radius 2 is 2.00 bits per heavy atom. The van der Waals surface area contributed by atoms with Gasteiger partial charge >= 0.3 is 0 Å². The van der Waals surface area contributed by atoms with E-state index in [1.54, 1.807) is 18.9 Å². The van der Waals surface area contributed by atoms with Crippen molar-refractivity contribution in [1.29, 1.82) is 0 Å². The molecule has 0 saturated heterocycles. The van der Waals surface area contributed by atoms with Crippen LogP contribution in [0.15, 0.2) is 28.7 Å². The van der Waals surface area contributed by atoms with Crippen molar-refractivity contribution in [2.45, 2.75) is 39.3 Å². The summed E-state index contributed by atoms with van der Waals surface area (Å²) in [6.07, 6.45) is 0.281. The van der Waals surface area contributed by atoms with E-state index in [1.807, 2.05) is 24.3 Å². The molecule has 22 heavy (non-hydrogen) atoms. The molecule has 0 fully saturated rings. The van der Waals surface area contributed by atoms with E-state index in [-0.39, 0.29) is 24.4 Å². The van der Waals surface area contributed by atoms with E-state index in [1.165, 1.54) is 0 Å². The topological polar surface area (TPSA) is 55.6 Å². The van der Waals surface area contributed by atoms with Crippen LogP contribution in [0, 0.1) is 5.92 Å². The molecule has 0 bridgehead atoms. The number of amides is 1. The predicted molar refractivity (Wildman–Crippen MR) is 96.5 cm³/mol. The number of likely N-dealkylation sites (N-methyl/N-ethyl adjacent to an activating group) is 1. The van der Waals surface area contributed by atoms with Gasteiger partial charge in [-0.25, -0.2) is 0 Å². The maximum absolute atomic E-state index is 12.3. The zero-order valence-electron chi connectivity index (χ0n) is 13.6. The molecule has 0 saturated carbocycles. The van der Waals surface area contributed by atoms with Gasteiger partial charge in [0.15, 0.2) is 6.10 Å². The van der Waals surface area contributed by atoms with Crippen LogP contribution in [0.2, 0.25) is 0 Å². The third-order valence-electron chi connectivity index (χ3n) is 3.49. The molecule has 1 aromatic carbocycles. The summed E-state index contributed by atoms with van der Waals surface area (Å²) in [5.41, 5.74) is 6.01. The Morgan fingerprint density at radius 3 is 2.55 bits per heavy atom. The molecule has 0 radical (unpaired) electrons. The monoisotopic (exact) mass is 392 g/mol. The molecular formula is C16H26BrClN2O2. The normalized spacial score (nSPS) is 13.2. The highest BCUT2D eigenvalue weighted by Gasteiger charge is 2.20. The lowest BCUT2D eigenvalue weighted by Crippen LogP contribution is -2.40. The fourth-order valence-electron chi connectivity index (χ4n) is 1.89. The highest BCUT2D eigenvalue weighted by molar-refractivity contribution is 9.10. The van der Waals surface area contributed by atoms with Gasteiger partial charge in [-0.05, 0) is 37.5 Å². The van der Waals surface area contributed by atoms with E-state index in [4.69, 9.17) is 10.5 Å². The SMILES string of the molecule is CC(Oc1cccc(Br)c1)C(=O)N(C)CCC(N)C(C)C.Cl. The standard InChI is InChI=1S/C16H25BrN2O2.ClH/c1-11(2)15(18)8-9-19(4)16(20)12(3)21-14-7-5-6-13(17)10-14;/h5-7,10-12,15H,8-9,18H2,1-4H3;1H. The van der Waals surface area contributed by atoms with Gasteiger partial charge in [-0.1, -0.05) is 35.8 Å². The van der Waals surface area contributed by atoms with Crippen molar-refractivity contribution in [2.24, 2.45) is 11.7 Å². The van der Waals surface area contributed by atoms with Crippen LogP contribution in [0.4, 0.5) is 0 Å². The van der Waals surface area contributed by atoms with Crippen molar-refractivity contribution in [3.63, 3.8) is 0 Å². The number of carbonyl (C=O) groups is 1. The molecule has 2 N–H and O–H groups in total. The molecular weight excluding hydrogens is 368 g/mol. The molecule has 0 aliphatic carbocycles. The van der Waals surface area contributed by atoms with E-state index in [0.29, 0.717) is 18.2 Å². The average Bonchev–Trinajstić information content (AvgIpc) is 2.43. The summed E-state index contributed by atoms with van der Waals surface area (Å²) in [7, 11) is 1.79. The van der Waals surface area contributed by atoms with E-state index in [9.17, 15) is 4.79 Å². The molecule has 1 rings (SSSR count). The summed E-state index contributed by atoms with van der Waals surface area (Å²) in [6.45, 7) is 6.59. The first-order valence-electron chi connectivity index (χ1n) is 7.24. The van der Waals surface area contributed by atoms with Crippen molar-refractivity contribution >= 4 is 34.2 Å². The molecule has 0 aliphatic heterocycles. The number of carbonyl (C=O) groups excluding carboxylic acids is 1. The highest BCUT2D eigenvalue weighted by atomic mass is 79.9. The van der Waals surface area contributed by atoms with Crippen LogP contribution >= 0.6 is 28.3 Å². The lowest BCUT2D eigenvalue weighted by Gasteiger charge is -2.24. The molecule has 4 nitrogen and oxygen atoms in total. The zero-order chi connectivity index (χ0) is 16.0. The van der Waals surface area contributed by atoms with Crippen LogP contribution in [0.3, 0.4) is 0 Å². The van der Waals surface area contributed by atoms with Crippen LogP contribution in [-0.2, 0) is 4.79 Å². The van der Waals surface area contributed by atoms with Crippen molar-refractivity contribution in [3.8, 4) is 5.75 Å². The maximum Gasteiger partial charge on any atom is 0.263 e. The second-order valence-corrected chi connectivity index (χ2v) is 6.59. The van der Waals surface area contributed by atoms with E-state index < -0.39 is 6.10 Å². The Morgan fingerprint density at radius 1 is 1.36 bits per heavy atom. The summed E-state index contributed by atoms with van der Waals surface area (Å²) in [4.78, 5) is 13.9. The first kappa shape index (κ1) is 21.2. The molecule has 2 unspecified atom stereocenters. The smallest absolute Gasteiger partial charge is 0.263 e. The minimum atomic E-state index is -0.514. The number of nitrogens with two attached hydrogens (primary N) is 1. The second-order valence-electron chi connectivity index (χ2n) is 5.67. The quantitative estimate of drug-likeness (QED) is 0.771. The van der Waals surface area contributed by atoms with Gasteiger partial charge in [0.05, 0.1) is 0 Å². The summed E-state index contributed by atoms with van der Waals surface area (Å²) in [5.74, 6) is 1.06. The lowest BCUT2D eigenvalue weighted by molar-refractivity contribution is -0.136. The number of ether oxygens (including phenoxy) is 1. The number of hydrogen-bond acceptors (Lipinski definition) is 3. The van der Waals surface area contributed by atoms with Crippen LogP contribution in [0.1, 0.15) is 27.2 Å². The Balaban J connectivity index is 0.00000441. The molecule has 0 spiro atoms. The molecule has 126 valence electrons. The number of rotatable bonds is 7. The average molecular weight is 394 g/mol. The first-order chi connectivity index (χ1) is 9.81. The molecule has 0 heterocycles. The predicted octanol–water partition coefficient (Wildman–Crippen LogP) is 3.47. The van der Waals surface area contributed by atoms with Gasteiger partial charge < -0.3 is 15.4 Å². The van der Waals surface area contributed by atoms with E-state index in [2.05, 4.69) is 29.8 Å². The molecule has 6 heteroatoms. The molecule has 0 aromatic heterocycles. The minimum Gasteiger partial charge on any atom is -0.481 e. The van der Waals surface area contributed by atoms with Crippen molar-refractivity contribution < 1.29 is 9.53 Å². The Labute approximate surface area is 147 Å². The van der Waals surface area contributed by atoms with Crippen LogP contribution in [-0.4, -0.2) is 36.5 Å². The van der Waals surface area contributed by atoms with Crippen LogP contribution in [0.25, 0.3) is 0 Å². The number of halogens is 2. The summed E-state index contributed by atoms with van der Waals surface area (Å²) in [6, 6.07) is 7.59. The molecule has 2 atom stereocenters. The van der Waals surface area contributed by atoms with Crippen LogP contribution in [0.5, 0.6) is 5.75 Å². The van der Waals surface area contributed by atoms with Gasteiger partial charge in [-0.3, -0.25) is 4.79 Å². The largest absolute Gasteiger partial charge is 0.481 e. The van der Waals surface area contributed by atoms with Crippen molar-refractivity contribution in [3.05, 3.63) is 28.7 Å². The number of benzene rings is 1. The Kier molecular flexibility index (Phi) is 9.72. The van der Waals surface area contributed by atoms with Crippen molar-refractivity contribution in [1.82, 2.24) is 4.90 Å². The first-order valence-corrected chi connectivity index (χ1v) is 8.03. The number of nitrogens with zero attached hydrogens (tertiary/aromatic N) is 1. The minimum absolute atomic E-state index is 0. The fourth-order valence-corrected chi connectivity index (χ4v) is 2.27. The summed E-state index contributed by atoms with van der Waals surface area (Å²) in [5, 5.41) is 0. The maximum atomic E-state index is 12.3. The molecule has 1 aromatic rings.